The average molecular weight is 462 g/mol. The molecule has 1 unspecified atom stereocenters. The molecule has 7 nitrogen and oxygen atoms in total. The van der Waals surface area contributed by atoms with Gasteiger partial charge in [-0.25, -0.2) is 4.79 Å². The van der Waals surface area contributed by atoms with Crippen LogP contribution in [0, 0.1) is 12.8 Å². The van der Waals surface area contributed by atoms with Crippen LogP contribution in [-0.2, 0) is 0 Å². The van der Waals surface area contributed by atoms with E-state index in [0.717, 1.165) is 19.4 Å². The molecule has 158 valence electrons. The molecular weight excluding hydrogens is 439 g/mol. The fraction of sp³-hybridized carbons (Fsp3) is 0.368. The molecule has 0 radical (unpaired) electrons. The summed E-state index contributed by atoms with van der Waals surface area (Å²) >= 11 is 12.2. The summed E-state index contributed by atoms with van der Waals surface area (Å²) in [7, 11) is 0. The fourth-order valence-electron chi connectivity index (χ4n) is 3.42. The van der Waals surface area contributed by atoms with Gasteiger partial charge in [0.1, 0.15) is 5.69 Å². The van der Waals surface area contributed by atoms with Crippen LogP contribution in [0.4, 0.5) is 11.4 Å². The van der Waals surface area contributed by atoms with E-state index in [1.165, 1.54) is 6.07 Å². The quantitative estimate of drug-likeness (QED) is 0.534. The minimum absolute atomic E-state index is 0. The van der Waals surface area contributed by atoms with E-state index in [0.29, 0.717) is 41.1 Å². The average Bonchev–Trinajstić information content (AvgIpc) is 2.95. The van der Waals surface area contributed by atoms with E-state index in [1.54, 1.807) is 19.1 Å². The molecule has 0 spiro atoms. The van der Waals surface area contributed by atoms with Crippen LogP contribution in [0.3, 0.4) is 0 Å². The monoisotopic (exact) mass is 460 g/mol. The zero-order chi connectivity index (χ0) is 20.4. The summed E-state index contributed by atoms with van der Waals surface area (Å²) < 4.78 is 0. The van der Waals surface area contributed by atoms with E-state index < -0.39 is 11.9 Å². The first-order valence-electron chi connectivity index (χ1n) is 8.99. The molecule has 1 fully saturated rings. The van der Waals surface area contributed by atoms with Gasteiger partial charge >= 0.3 is 5.97 Å². The van der Waals surface area contributed by atoms with E-state index in [-0.39, 0.29) is 28.7 Å². The van der Waals surface area contributed by atoms with E-state index in [4.69, 9.17) is 28.9 Å². The Hall–Kier alpha value is -1.93. The van der Waals surface area contributed by atoms with Crippen LogP contribution in [0.2, 0.25) is 10.0 Å². The highest BCUT2D eigenvalue weighted by Gasteiger charge is 2.24. The first-order chi connectivity index (χ1) is 13.3. The first kappa shape index (κ1) is 23.3. The number of nitrogens with zero attached hydrogens (tertiary/aromatic N) is 1. The summed E-state index contributed by atoms with van der Waals surface area (Å²) in [5.74, 6) is -1.15. The minimum atomic E-state index is -1.03. The molecule has 1 aromatic heterocycles. The lowest BCUT2D eigenvalue weighted by atomic mass is 9.97. The summed E-state index contributed by atoms with van der Waals surface area (Å²) in [6.45, 7) is 3.75. The Kier molecular flexibility index (Phi) is 7.82. The second-order valence-corrected chi connectivity index (χ2v) is 7.69. The number of carbonyl (C=O) groups is 2. The van der Waals surface area contributed by atoms with Crippen molar-refractivity contribution in [3.8, 4) is 0 Å². The number of benzene rings is 1. The maximum Gasteiger partial charge on any atom is 0.335 e. The topological polar surface area (TPSA) is 111 Å². The Labute approximate surface area is 185 Å². The number of hydrogen-bond donors (Lipinski definition) is 4. The SMILES string of the molecule is Cc1[nH]c(C(=O)Nc2ccc(C(=O)O)cc2N2CCCC(CN)C2)c(Cl)c1Cl.Cl. The molecule has 3 rings (SSSR count). The number of halogens is 3. The van der Waals surface area contributed by atoms with Gasteiger partial charge in [-0.3, -0.25) is 4.79 Å². The number of amides is 1. The van der Waals surface area contributed by atoms with Crippen molar-refractivity contribution < 1.29 is 14.7 Å². The number of anilines is 2. The predicted octanol–water partition coefficient (Wildman–Crippen LogP) is 4.18. The van der Waals surface area contributed by atoms with Crippen molar-refractivity contribution in [2.75, 3.05) is 29.9 Å². The number of aryl methyl sites for hydroxylation is 1. The van der Waals surface area contributed by atoms with E-state index in [9.17, 15) is 14.7 Å². The van der Waals surface area contributed by atoms with Crippen LogP contribution in [0.1, 0.15) is 39.4 Å². The Balaban J connectivity index is 0.00000300. The third-order valence-electron chi connectivity index (χ3n) is 4.97. The van der Waals surface area contributed by atoms with Gasteiger partial charge in [0.2, 0.25) is 0 Å². The molecule has 5 N–H and O–H groups in total. The Morgan fingerprint density at radius 3 is 2.66 bits per heavy atom. The lowest BCUT2D eigenvalue weighted by molar-refractivity contribution is 0.0696. The van der Waals surface area contributed by atoms with Gasteiger partial charge < -0.3 is 26.0 Å². The van der Waals surface area contributed by atoms with Crippen LogP contribution in [0.5, 0.6) is 0 Å². The number of piperidine rings is 1. The molecule has 1 saturated heterocycles. The van der Waals surface area contributed by atoms with Crippen molar-refractivity contribution in [2.24, 2.45) is 11.7 Å². The summed E-state index contributed by atoms with van der Waals surface area (Å²) in [5, 5.41) is 12.6. The Morgan fingerprint density at radius 2 is 2.07 bits per heavy atom. The zero-order valence-electron chi connectivity index (χ0n) is 15.8. The highest BCUT2D eigenvalue weighted by Crippen LogP contribution is 2.33. The molecule has 1 atom stereocenters. The van der Waals surface area contributed by atoms with Gasteiger partial charge in [0, 0.05) is 18.8 Å². The summed E-state index contributed by atoms with van der Waals surface area (Å²) in [4.78, 5) is 29.1. The van der Waals surface area contributed by atoms with Crippen LogP contribution in [0.15, 0.2) is 18.2 Å². The molecule has 1 aliphatic heterocycles. The first-order valence-corrected chi connectivity index (χ1v) is 9.74. The van der Waals surface area contributed by atoms with E-state index in [1.807, 2.05) is 0 Å². The van der Waals surface area contributed by atoms with Crippen LogP contribution >= 0.6 is 35.6 Å². The molecule has 0 saturated carbocycles. The molecule has 29 heavy (non-hydrogen) atoms. The highest BCUT2D eigenvalue weighted by molar-refractivity contribution is 6.44. The maximum atomic E-state index is 12.7. The third kappa shape index (κ3) is 4.98. The highest BCUT2D eigenvalue weighted by atomic mass is 35.5. The fourth-order valence-corrected chi connectivity index (χ4v) is 3.84. The number of aromatic amines is 1. The second-order valence-electron chi connectivity index (χ2n) is 6.93. The predicted molar refractivity (Wildman–Crippen MR) is 118 cm³/mol. The summed E-state index contributed by atoms with van der Waals surface area (Å²) in [6, 6.07) is 4.62. The molecular formula is C19H23Cl3N4O3. The van der Waals surface area contributed by atoms with Gasteiger partial charge in [0.25, 0.3) is 5.91 Å². The molecule has 1 amide bonds. The number of nitrogens with one attached hydrogen (secondary N) is 2. The third-order valence-corrected chi connectivity index (χ3v) is 5.91. The van der Waals surface area contributed by atoms with E-state index >= 15 is 0 Å². The van der Waals surface area contributed by atoms with Crippen molar-refractivity contribution in [3.63, 3.8) is 0 Å². The van der Waals surface area contributed by atoms with Crippen LogP contribution < -0.4 is 16.0 Å². The van der Waals surface area contributed by atoms with Crippen molar-refractivity contribution in [1.29, 1.82) is 0 Å². The van der Waals surface area contributed by atoms with Crippen molar-refractivity contribution in [3.05, 3.63) is 45.2 Å². The number of carboxylic acid groups (broad SMARTS) is 1. The number of carbonyl (C=O) groups excluding carboxylic acids is 1. The van der Waals surface area contributed by atoms with Gasteiger partial charge in [-0.15, -0.1) is 12.4 Å². The molecule has 1 aliphatic rings. The number of aromatic nitrogens is 1. The molecule has 10 heteroatoms. The zero-order valence-corrected chi connectivity index (χ0v) is 18.1. The minimum Gasteiger partial charge on any atom is -0.478 e. The lowest BCUT2D eigenvalue weighted by Crippen LogP contribution is -2.39. The molecule has 2 aromatic rings. The summed E-state index contributed by atoms with van der Waals surface area (Å²) in [5.41, 5.74) is 7.90. The standard InChI is InChI=1S/C19H22Cl2N4O3.ClH/c1-10-15(20)16(21)17(23-10)18(26)24-13-5-4-12(19(27)28)7-14(13)25-6-2-3-11(8-22)9-25;/h4-5,7,11,23H,2-3,6,8-9,22H2,1H3,(H,24,26)(H,27,28);1H. The summed E-state index contributed by atoms with van der Waals surface area (Å²) in [6.07, 6.45) is 1.98. The maximum absolute atomic E-state index is 12.7. The van der Waals surface area contributed by atoms with Crippen molar-refractivity contribution >= 4 is 58.9 Å². The molecule has 2 heterocycles. The molecule has 0 bridgehead atoms. The number of H-pyrrole nitrogens is 1. The van der Waals surface area contributed by atoms with Crippen LogP contribution in [0.25, 0.3) is 0 Å². The van der Waals surface area contributed by atoms with Gasteiger partial charge in [0.15, 0.2) is 0 Å². The van der Waals surface area contributed by atoms with Gasteiger partial charge in [-0.05, 0) is 50.4 Å². The van der Waals surface area contributed by atoms with E-state index in [2.05, 4.69) is 15.2 Å². The number of hydrogen-bond acceptors (Lipinski definition) is 4. The van der Waals surface area contributed by atoms with Crippen molar-refractivity contribution in [1.82, 2.24) is 4.98 Å². The number of rotatable bonds is 5. The Morgan fingerprint density at radius 1 is 1.34 bits per heavy atom. The Bertz CT molecular complexity index is 916. The number of aromatic carboxylic acids is 1. The van der Waals surface area contributed by atoms with Crippen LogP contribution in [-0.4, -0.2) is 41.6 Å². The van der Waals surface area contributed by atoms with Crippen molar-refractivity contribution in [2.45, 2.75) is 19.8 Å². The lowest BCUT2D eigenvalue weighted by Gasteiger charge is -2.35. The second kappa shape index (κ2) is 9.71. The number of nitrogens with two attached hydrogens (primary N) is 1. The van der Waals surface area contributed by atoms with Gasteiger partial charge in [0.05, 0.1) is 27.0 Å². The smallest absolute Gasteiger partial charge is 0.335 e. The largest absolute Gasteiger partial charge is 0.478 e. The van der Waals surface area contributed by atoms with Gasteiger partial charge in [-0.1, -0.05) is 23.2 Å². The molecule has 1 aromatic carbocycles. The molecule has 0 aliphatic carbocycles. The number of carboxylic acids is 1. The van der Waals surface area contributed by atoms with Gasteiger partial charge in [-0.2, -0.15) is 0 Å². The normalized spacial score (nSPS) is 16.3.